The predicted molar refractivity (Wildman–Crippen MR) is 87.1 cm³/mol. The van der Waals surface area contributed by atoms with Crippen LogP contribution in [0, 0.1) is 0 Å². The molecule has 3 nitrogen and oxygen atoms in total. The fraction of sp³-hybridized carbons (Fsp3) is 0.167. The van der Waals surface area contributed by atoms with Gasteiger partial charge in [0.15, 0.2) is 0 Å². The van der Waals surface area contributed by atoms with E-state index in [9.17, 15) is 0 Å². The van der Waals surface area contributed by atoms with Crippen LogP contribution in [0.3, 0.4) is 0 Å². The van der Waals surface area contributed by atoms with Gasteiger partial charge in [-0.15, -0.1) is 0 Å². The largest absolute Gasteiger partial charge is 0.345 e. The second-order valence-corrected chi connectivity index (χ2v) is 5.48. The molecule has 0 atom stereocenters. The Morgan fingerprint density at radius 3 is 3.00 bits per heavy atom. The zero-order chi connectivity index (χ0) is 14.4. The monoisotopic (exact) mass is 275 g/mol. The maximum atomic E-state index is 4.30. The zero-order valence-electron chi connectivity index (χ0n) is 12.1. The van der Waals surface area contributed by atoms with Crippen molar-refractivity contribution in [3.8, 4) is 0 Å². The maximum absolute atomic E-state index is 4.30. The van der Waals surface area contributed by atoms with E-state index in [1.54, 1.807) is 6.33 Å². The third-order valence-electron chi connectivity index (χ3n) is 4.26. The summed E-state index contributed by atoms with van der Waals surface area (Å²) in [6, 6.07) is 13.0. The predicted octanol–water partition coefficient (Wildman–Crippen LogP) is 4.12. The van der Waals surface area contributed by atoms with Gasteiger partial charge in [-0.1, -0.05) is 25.6 Å². The van der Waals surface area contributed by atoms with Crippen LogP contribution in [0.5, 0.6) is 0 Å². The van der Waals surface area contributed by atoms with Gasteiger partial charge in [-0.25, -0.2) is 4.98 Å². The summed E-state index contributed by atoms with van der Waals surface area (Å²) in [7, 11) is 0. The van der Waals surface area contributed by atoms with E-state index in [0.717, 1.165) is 35.4 Å². The molecule has 3 aromatic rings. The van der Waals surface area contributed by atoms with E-state index in [-0.39, 0.29) is 0 Å². The number of rotatable bonds is 2. The van der Waals surface area contributed by atoms with Gasteiger partial charge in [-0.05, 0) is 41.8 Å². The fourth-order valence-corrected chi connectivity index (χ4v) is 3.00. The molecular weight excluding hydrogens is 258 g/mol. The molecule has 1 N–H and O–H groups in total. The smallest absolute Gasteiger partial charge is 0.0931 e. The number of nitrogens with zero attached hydrogens (tertiary/aromatic N) is 2. The molecule has 1 aliphatic heterocycles. The molecular formula is C18H17N3. The zero-order valence-corrected chi connectivity index (χ0v) is 12.1. The lowest BCUT2D eigenvalue weighted by atomic mass is 10.0. The lowest BCUT2D eigenvalue weighted by molar-refractivity contribution is 1.04. The van der Waals surface area contributed by atoms with Crippen molar-refractivity contribution in [3.05, 3.63) is 66.0 Å². The molecule has 0 unspecified atom stereocenters. The van der Waals surface area contributed by atoms with Crippen LogP contribution in [0.4, 0.5) is 5.69 Å². The number of H-pyrrole nitrogens is 1. The first-order chi connectivity index (χ1) is 10.3. The number of imidazole rings is 1. The van der Waals surface area contributed by atoms with Gasteiger partial charge in [0.2, 0.25) is 0 Å². The SMILES string of the molecule is C=C1c2cc(CC)ccc2CN1c1ccc2nc[nH]c2c1. The van der Waals surface area contributed by atoms with Crippen LogP contribution in [-0.4, -0.2) is 9.97 Å². The summed E-state index contributed by atoms with van der Waals surface area (Å²) >= 11 is 0. The van der Waals surface area contributed by atoms with Crippen molar-refractivity contribution >= 4 is 22.4 Å². The van der Waals surface area contributed by atoms with Gasteiger partial charge >= 0.3 is 0 Å². The van der Waals surface area contributed by atoms with Crippen molar-refractivity contribution in [2.75, 3.05) is 4.90 Å². The van der Waals surface area contributed by atoms with Crippen LogP contribution in [0.15, 0.2) is 49.3 Å². The second-order valence-electron chi connectivity index (χ2n) is 5.48. The lowest BCUT2D eigenvalue weighted by Gasteiger charge is -2.19. The molecule has 21 heavy (non-hydrogen) atoms. The first-order valence-electron chi connectivity index (χ1n) is 7.28. The highest BCUT2D eigenvalue weighted by Crippen LogP contribution is 2.36. The van der Waals surface area contributed by atoms with E-state index in [1.807, 2.05) is 0 Å². The number of fused-ring (bicyclic) bond motifs is 2. The van der Waals surface area contributed by atoms with E-state index < -0.39 is 0 Å². The molecule has 0 saturated carbocycles. The summed E-state index contributed by atoms with van der Waals surface area (Å²) < 4.78 is 0. The van der Waals surface area contributed by atoms with Crippen molar-refractivity contribution in [1.29, 1.82) is 0 Å². The number of hydrogen-bond acceptors (Lipinski definition) is 2. The molecule has 4 rings (SSSR count). The summed E-state index contributed by atoms with van der Waals surface area (Å²) in [6.07, 6.45) is 2.79. The summed E-state index contributed by atoms with van der Waals surface area (Å²) in [5, 5.41) is 0. The number of aromatic amines is 1. The highest BCUT2D eigenvalue weighted by atomic mass is 15.2. The Balaban J connectivity index is 1.75. The fourth-order valence-electron chi connectivity index (χ4n) is 3.00. The first kappa shape index (κ1) is 12.2. The standard InChI is InChI=1S/C18H17N3/c1-3-13-4-5-14-10-21(12(2)16(14)8-13)15-6-7-17-18(9-15)20-11-19-17/h4-9,11H,2-3,10H2,1H3,(H,19,20). The lowest BCUT2D eigenvalue weighted by Crippen LogP contribution is -2.12. The van der Waals surface area contributed by atoms with Gasteiger partial charge in [0.1, 0.15) is 0 Å². The number of benzene rings is 2. The van der Waals surface area contributed by atoms with Crippen LogP contribution in [-0.2, 0) is 13.0 Å². The van der Waals surface area contributed by atoms with Gasteiger partial charge in [-0.3, -0.25) is 0 Å². The van der Waals surface area contributed by atoms with Crippen LogP contribution in [0.25, 0.3) is 16.7 Å². The van der Waals surface area contributed by atoms with Crippen LogP contribution < -0.4 is 4.90 Å². The van der Waals surface area contributed by atoms with Crippen molar-refractivity contribution in [1.82, 2.24) is 9.97 Å². The molecule has 0 aliphatic carbocycles. The van der Waals surface area contributed by atoms with E-state index in [0.29, 0.717) is 0 Å². The molecule has 3 heteroatoms. The van der Waals surface area contributed by atoms with Crippen molar-refractivity contribution in [2.45, 2.75) is 19.9 Å². The number of anilines is 1. The topological polar surface area (TPSA) is 31.9 Å². The average Bonchev–Trinajstić information content (AvgIpc) is 3.11. The molecule has 0 spiro atoms. The number of aromatic nitrogens is 2. The Morgan fingerprint density at radius 1 is 1.24 bits per heavy atom. The van der Waals surface area contributed by atoms with Gasteiger partial charge in [0.05, 0.1) is 17.4 Å². The van der Waals surface area contributed by atoms with Crippen molar-refractivity contribution in [2.24, 2.45) is 0 Å². The maximum Gasteiger partial charge on any atom is 0.0931 e. The molecule has 0 fully saturated rings. The van der Waals surface area contributed by atoms with Gasteiger partial charge in [0.25, 0.3) is 0 Å². The molecule has 2 heterocycles. The van der Waals surface area contributed by atoms with E-state index in [1.165, 1.54) is 16.7 Å². The number of aryl methyl sites for hydroxylation is 1. The van der Waals surface area contributed by atoms with Crippen molar-refractivity contribution < 1.29 is 0 Å². The third kappa shape index (κ3) is 1.85. The van der Waals surface area contributed by atoms with E-state index in [2.05, 4.69) is 64.8 Å². The Labute approximate surface area is 123 Å². The first-order valence-corrected chi connectivity index (χ1v) is 7.28. The molecule has 0 bridgehead atoms. The summed E-state index contributed by atoms with van der Waals surface area (Å²) in [5.74, 6) is 0. The Bertz CT molecular complexity index is 845. The molecule has 2 aromatic carbocycles. The Morgan fingerprint density at radius 2 is 2.14 bits per heavy atom. The Kier molecular flexibility index (Phi) is 2.61. The quantitative estimate of drug-likeness (QED) is 0.763. The van der Waals surface area contributed by atoms with Gasteiger partial charge in [-0.2, -0.15) is 0 Å². The molecule has 0 amide bonds. The van der Waals surface area contributed by atoms with Crippen LogP contribution in [0.1, 0.15) is 23.6 Å². The second kappa shape index (κ2) is 4.48. The highest BCUT2D eigenvalue weighted by molar-refractivity contribution is 5.87. The average molecular weight is 275 g/mol. The number of hydrogen-bond donors (Lipinski definition) is 1. The van der Waals surface area contributed by atoms with E-state index >= 15 is 0 Å². The normalized spacial score (nSPS) is 14.0. The summed E-state index contributed by atoms with van der Waals surface area (Å²) in [6.45, 7) is 7.37. The Hall–Kier alpha value is -2.55. The minimum Gasteiger partial charge on any atom is -0.345 e. The molecule has 1 aliphatic rings. The number of nitrogens with one attached hydrogen (secondary N) is 1. The molecule has 104 valence electrons. The highest BCUT2D eigenvalue weighted by Gasteiger charge is 2.23. The minimum absolute atomic E-state index is 0.887. The summed E-state index contributed by atoms with van der Waals surface area (Å²) in [5.41, 5.74) is 8.28. The van der Waals surface area contributed by atoms with Crippen LogP contribution in [0.2, 0.25) is 0 Å². The van der Waals surface area contributed by atoms with Crippen LogP contribution >= 0.6 is 0 Å². The minimum atomic E-state index is 0.887. The molecule has 1 aromatic heterocycles. The molecule has 0 radical (unpaired) electrons. The van der Waals surface area contributed by atoms with Gasteiger partial charge in [0, 0.05) is 23.5 Å². The van der Waals surface area contributed by atoms with E-state index in [4.69, 9.17) is 0 Å². The summed E-state index contributed by atoms with van der Waals surface area (Å²) in [4.78, 5) is 9.71. The van der Waals surface area contributed by atoms with Gasteiger partial charge < -0.3 is 9.88 Å². The molecule has 0 saturated heterocycles. The third-order valence-corrected chi connectivity index (χ3v) is 4.26. The van der Waals surface area contributed by atoms with Crippen molar-refractivity contribution in [3.63, 3.8) is 0 Å².